The molecule has 0 radical (unpaired) electrons. The molecular weight excluding hydrogens is 215 g/mol. The largest absolute Gasteiger partial charge is 0.256 e. The molecule has 3 rings (SSSR count). The second-order valence-corrected chi connectivity index (χ2v) is 3.77. The van der Waals surface area contributed by atoms with E-state index in [4.69, 9.17) is 0 Å². The molecule has 0 N–H and O–H groups in total. The second kappa shape index (κ2) is 3.94. The maximum atomic E-state index is 12.8. The molecule has 2 aromatic heterocycles. The number of hydrogen-bond donors (Lipinski definition) is 0. The molecule has 0 bridgehead atoms. The fraction of sp³-hybridized carbons (Fsp3) is 0. The van der Waals surface area contributed by atoms with Crippen LogP contribution < -0.4 is 0 Å². The van der Waals surface area contributed by atoms with Crippen molar-refractivity contribution in [3.8, 4) is 11.3 Å². The smallest absolute Gasteiger partial charge is 0.123 e. The Bertz CT molecular complexity index is 662. The average molecular weight is 224 g/mol. The Morgan fingerprint density at radius 3 is 2.59 bits per heavy atom. The van der Waals surface area contributed by atoms with Gasteiger partial charge >= 0.3 is 0 Å². The van der Waals surface area contributed by atoms with Gasteiger partial charge in [-0.15, -0.1) is 0 Å². The van der Waals surface area contributed by atoms with Crippen molar-refractivity contribution in [1.82, 2.24) is 9.97 Å². The lowest BCUT2D eigenvalue weighted by Gasteiger charge is -2.02. The summed E-state index contributed by atoms with van der Waals surface area (Å²) in [6.07, 6.45) is 3.53. The summed E-state index contributed by atoms with van der Waals surface area (Å²) < 4.78 is 12.8. The summed E-state index contributed by atoms with van der Waals surface area (Å²) in [5.74, 6) is -0.243. The first-order valence-electron chi connectivity index (χ1n) is 5.30. The fourth-order valence-electron chi connectivity index (χ4n) is 1.74. The van der Waals surface area contributed by atoms with E-state index in [-0.39, 0.29) is 5.82 Å². The van der Waals surface area contributed by atoms with Crippen LogP contribution in [0.25, 0.3) is 22.2 Å². The molecule has 2 nitrogen and oxygen atoms in total. The summed E-state index contributed by atoms with van der Waals surface area (Å²) >= 11 is 0. The van der Waals surface area contributed by atoms with Gasteiger partial charge in [-0.25, -0.2) is 4.39 Å². The van der Waals surface area contributed by atoms with Crippen LogP contribution in [0, 0.1) is 5.82 Å². The first-order valence-corrected chi connectivity index (χ1v) is 5.30. The number of aromatic nitrogens is 2. The van der Waals surface area contributed by atoms with Gasteiger partial charge in [0.1, 0.15) is 5.82 Å². The van der Waals surface area contributed by atoms with Crippen LogP contribution >= 0.6 is 0 Å². The second-order valence-electron chi connectivity index (χ2n) is 3.77. The molecule has 1 aromatic carbocycles. The highest BCUT2D eigenvalue weighted by Gasteiger charge is 2.01. The van der Waals surface area contributed by atoms with Crippen molar-refractivity contribution in [2.75, 3.05) is 0 Å². The van der Waals surface area contributed by atoms with E-state index in [1.807, 2.05) is 18.2 Å². The Labute approximate surface area is 97.8 Å². The number of nitrogens with zero attached hydrogens (tertiary/aromatic N) is 2. The lowest BCUT2D eigenvalue weighted by Crippen LogP contribution is -1.86. The number of halogens is 1. The molecule has 3 heteroatoms. The van der Waals surface area contributed by atoms with Gasteiger partial charge in [-0.2, -0.15) is 0 Å². The van der Waals surface area contributed by atoms with Crippen LogP contribution in [-0.2, 0) is 0 Å². The summed E-state index contributed by atoms with van der Waals surface area (Å²) in [6.45, 7) is 0. The van der Waals surface area contributed by atoms with Crippen LogP contribution in [0.5, 0.6) is 0 Å². The van der Waals surface area contributed by atoms with Gasteiger partial charge in [-0.1, -0.05) is 0 Å². The molecule has 17 heavy (non-hydrogen) atoms. The zero-order valence-corrected chi connectivity index (χ0v) is 8.97. The Balaban J connectivity index is 2.14. The minimum absolute atomic E-state index is 0.243. The lowest BCUT2D eigenvalue weighted by molar-refractivity contribution is 0.628. The van der Waals surface area contributed by atoms with E-state index in [0.717, 1.165) is 22.2 Å². The third-order valence-electron chi connectivity index (χ3n) is 2.63. The maximum absolute atomic E-state index is 12.8. The number of rotatable bonds is 1. The zero-order valence-electron chi connectivity index (χ0n) is 8.97. The topological polar surface area (TPSA) is 25.8 Å². The molecule has 0 saturated carbocycles. The monoisotopic (exact) mass is 224 g/mol. The summed E-state index contributed by atoms with van der Waals surface area (Å²) in [5, 5.41) is 0.998. The quantitative estimate of drug-likeness (QED) is 0.632. The standard InChI is InChI=1S/C14H9FN2/c15-12-5-3-10(4-6-12)13-8-14-11(9-17-13)2-1-7-16-14/h1-9H. The molecule has 0 amide bonds. The number of benzene rings is 1. The lowest BCUT2D eigenvalue weighted by atomic mass is 10.1. The van der Waals surface area contributed by atoms with Crippen molar-refractivity contribution in [2.45, 2.75) is 0 Å². The molecule has 0 unspecified atom stereocenters. The molecule has 0 spiro atoms. The van der Waals surface area contributed by atoms with E-state index in [1.54, 1.807) is 24.5 Å². The van der Waals surface area contributed by atoms with Crippen molar-refractivity contribution in [3.05, 3.63) is 60.7 Å². The van der Waals surface area contributed by atoms with Gasteiger partial charge in [-0.3, -0.25) is 9.97 Å². The average Bonchev–Trinajstić information content (AvgIpc) is 2.39. The van der Waals surface area contributed by atoms with Crippen LogP contribution in [-0.4, -0.2) is 9.97 Å². The van der Waals surface area contributed by atoms with E-state index in [1.165, 1.54) is 12.1 Å². The van der Waals surface area contributed by atoms with Gasteiger partial charge in [0, 0.05) is 23.3 Å². The van der Waals surface area contributed by atoms with Gasteiger partial charge in [0.15, 0.2) is 0 Å². The van der Waals surface area contributed by atoms with E-state index in [9.17, 15) is 4.39 Å². The first kappa shape index (κ1) is 9.90. The van der Waals surface area contributed by atoms with E-state index < -0.39 is 0 Å². The molecule has 0 aliphatic rings. The minimum atomic E-state index is -0.243. The normalized spacial score (nSPS) is 10.6. The molecule has 0 atom stereocenters. The van der Waals surface area contributed by atoms with Crippen molar-refractivity contribution < 1.29 is 4.39 Å². The van der Waals surface area contributed by atoms with E-state index in [0.29, 0.717) is 0 Å². The summed E-state index contributed by atoms with van der Waals surface area (Å²) in [4.78, 5) is 8.62. The van der Waals surface area contributed by atoms with Crippen LogP contribution in [0.2, 0.25) is 0 Å². The van der Waals surface area contributed by atoms with Gasteiger partial charge in [-0.05, 0) is 42.5 Å². The predicted octanol–water partition coefficient (Wildman–Crippen LogP) is 3.44. The SMILES string of the molecule is Fc1ccc(-c2cc3ncccc3cn2)cc1. The molecule has 0 aliphatic carbocycles. The first-order chi connectivity index (χ1) is 8.33. The Kier molecular flexibility index (Phi) is 2.29. The third-order valence-corrected chi connectivity index (χ3v) is 2.63. The molecule has 0 aliphatic heterocycles. The number of pyridine rings is 2. The molecule has 3 aromatic rings. The predicted molar refractivity (Wildman–Crippen MR) is 64.9 cm³/mol. The van der Waals surface area contributed by atoms with Gasteiger partial charge in [0.05, 0.1) is 11.2 Å². The van der Waals surface area contributed by atoms with Crippen molar-refractivity contribution in [1.29, 1.82) is 0 Å². The Hall–Kier alpha value is -2.29. The molecule has 82 valence electrons. The minimum Gasteiger partial charge on any atom is -0.256 e. The highest BCUT2D eigenvalue weighted by atomic mass is 19.1. The highest BCUT2D eigenvalue weighted by molar-refractivity contribution is 5.81. The third kappa shape index (κ3) is 1.87. The Morgan fingerprint density at radius 2 is 1.76 bits per heavy atom. The van der Waals surface area contributed by atoms with Crippen molar-refractivity contribution in [2.24, 2.45) is 0 Å². The summed E-state index contributed by atoms with van der Waals surface area (Å²) in [7, 11) is 0. The maximum Gasteiger partial charge on any atom is 0.123 e. The van der Waals surface area contributed by atoms with Crippen molar-refractivity contribution >= 4 is 10.9 Å². The van der Waals surface area contributed by atoms with Crippen LogP contribution in [0.15, 0.2) is 54.9 Å². The summed E-state index contributed by atoms with van der Waals surface area (Å²) in [5.41, 5.74) is 2.58. The van der Waals surface area contributed by atoms with Crippen LogP contribution in [0.3, 0.4) is 0 Å². The van der Waals surface area contributed by atoms with E-state index >= 15 is 0 Å². The van der Waals surface area contributed by atoms with Crippen molar-refractivity contribution in [3.63, 3.8) is 0 Å². The number of hydrogen-bond acceptors (Lipinski definition) is 2. The molecule has 0 fully saturated rings. The van der Waals surface area contributed by atoms with Crippen LogP contribution in [0.4, 0.5) is 4.39 Å². The zero-order chi connectivity index (χ0) is 11.7. The molecular formula is C14H9FN2. The summed E-state index contributed by atoms with van der Waals surface area (Å²) in [6, 6.07) is 12.0. The van der Waals surface area contributed by atoms with Gasteiger partial charge in [0.2, 0.25) is 0 Å². The fourth-order valence-corrected chi connectivity index (χ4v) is 1.74. The van der Waals surface area contributed by atoms with Gasteiger partial charge in [0.25, 0.3) is 0 Å². The Morgan fingerprint density at radius 1 is 0.941 bits per heavy atom. The molecule has 0 saturated heterocycles. The molecule has 2 heterocycles. The van der Waals surface area contributed by atoms with E-state index in [2.05, 4.69) is 9.97 Å². The number of fused-ring (bicyclic) bond motifs is 1. The van der Waals surface area contributed by atoms with Crippen LogP contribution in [0.1, 0.15) is 0 Å². The highest BCUT2D eigenvalue weighted by Crippen LogP contribution is 2.20. The van der Waals surface area contributed by atoms with Gasteiger partial charge < -0.3 is 0 Å².